The van der Waals surface area contributed by atoms with Crippen LogP contribution in [0.4, 0.5) is 5.82 Å². The van der Waals surface area contributed by atoms with Gasteiger partial charge in [-0.1, -0.05) is 19.8 Å². The van der Waals surface area contributed by atoms with Gasteiger partial charge in [0.05, 0.1) is 0 Å². The Morgan fingerprint density at radius 1 is 1.44 bits per heavy atom. The predicted molar refractivity (Wildman–Crippen MR) is 69.1 cm³/mol. The molecule has 3 nitrogen and oxygen atoms in total. The lowest BCUT2D eigenvalue weighted by Gasteiger charge is -2.09. The lowest BCUT2D eigenvalue weighted by Crippen LogP contribution is -2.06. The Hall–Kier alpha value is -1.38. The molecule has 0 aliphatic rings. The highest BCUT2D eigenvalue weighted by atomic mass is 14.8. The van der Waals surface area contributed by atoms with Crippen molar-refractivity contribution in [2.24, 2.45) is 0 Å². The fourth-order valence-corrected chi connectivity index (χ4v) is 1.76. The van der Waals surface area contributed by atoms with E-state index >= 15 is 0 Å². The highest BCUT2D eigenvalue weighted by Gasteiger charge is 2.08. The van der Waals surface area contributed by atoms with Crippen molar-refractivity contribution in [1.82, 2.24) is 4.98 Å². The maximum Gasteiger partial charge on any atom is 0.132 e. The van der Waals surface area contributed by atoms with Crippen LogP contribution >= 0.6 is 0 Å². The minimum Gasteiger partial charge on any atom is -0.383 e. The van der Waals surface area contributed by atoms with E-state index in [1.807, 2.05) is 13.0 Å². The first-order valence-corrected chi connectivity index (χ1v) is 5.87. The summed E-state index contributed by atoms with van der Waals surface area (Å²) in [6.07, 6.45) is 4.59. The third-order valence-electron chi connectivity index (χ3n) is 2.77. The van der Waals surface area contributed by atoms with Gasteiger partial charge in [-0.05, 0) is 38.3 Å². The first-order chi connectivity index (χ1) is 7.56. The van der Waals surface area contributed by atoms with E-state index in [1.54, 1.807) is 6.92 Å². The normalized spacial score (nSPS) is 10.4. The van der Waals surface area contributed by atoms with Crippen molar-refractivity contribution in [3.05, 3.63) is 22.9 Å². The van der Waals surface area contributed by atoms with Crippen molar-refractivity contribution < 1.29 is 0 Å². The summed E-state index contributed by atoms with van der Waals surface area (Å²) < 4.78 is 0. The smallest absolute Gasteiger partial charge is 0.132 e. The summed E-state index contributed by atoms with van der Waals surface area (Å²) in [6.45, 7) is 5.97. The zero-order valence-electron chi connectivity index (χ0n) is 10.4. The minimum absolute atomic E-state index is 0.480. The molecular weight excluding hydrogens is 198 g/mol. The van der Waals surface area contributed by atoms with Crippen LogP contribution in [0, 0.1) is 12.3 Å². The van der Waals surface area contributed by atoms with Gasteiger partial charge in [-0.2, -0.15) is 0 Å². The second kappa shape index (κ2) is 5.64. The van der Waals surface area contributed by atoms with Gasteiger partial charge in [0.2, 0.25) is 0 Å². The first-order valence-electron chi connectivity index (χ1n) is 5.87. The number of hydrogen-bond acceptors (Lipinski definition) is 3. The number of nitrogens with one attached hydrogen (secondary N) is 1. The van der Waals surface area contributed by atoms with E-state index in [1.165, 1.54) is 12.8 Å². The van der Waals surface area contributed by atoms with Crippen LogP contribution in [0.3, 0.4) is 0 Å². The van der Waals surface area contributed by atoms with Gasteiger partial charge in [0, 0.05) is 17.0 Å². The van der Waals surface area contributed by atoms with E-state index in [-0.39, 0.29) is 0 Å². The number of aryl methyl sites for hydroxylation is 2. The van der Waals surface area contributed by atoms with Crippen LogP contribution < -0.4 is 5.73 Å². The quantitative estimate of drug-likeness (QED) is 0.590. The zero-order chi connectivity index (χ0) is 12.1. The van der Waals surface area contributed by atoms with E-state index < -0.39 is 0 Å². The molecule has 0 spiro atoms. The number of hydrogen-bond donors (Lipinski definition) is 2. The molecule has 3 heteroatoms. The largest absolute Gasteiger partial charge is 0.383 e. The second-order valence-electron chi connectivity index (χ2n) is 4.27. The summed E-state index contributed by atoms with van der Waals surface area (Å²) in [6, 6.07) is 1.98. The minimum atomic E-state index is 0.480. The van der Waals surface area contributed by atoms with E-state index in [2.05, 4.69) is 11.9 Å². The molecule has 0 aliphatic carbocycles. The molecule has 0 atom stereocenters. The number of nitrogens with two attached hydrogens (primary N) is 1. The van der Waals surface area contributed by atoms with Crippen LogP contribution in [0.2, 0.25) is 0 Å². The summed E-state index contributed by atoms with van der Waals surface area (Å²) in [5.74, 6) is 0.490. The highest BCUT2D eigenvalue weighted by molar-refractivity contribution is 6.00. The third-order valence-corrected chi connectivity index (χ3v) is 2.77. The molecule has 1 aromatic heterocycles. The molecule has 0 saturated heterocycles. The Morgan fingerprint density at radius 2 is 2.12 bits per heavy atom. The molecule has 0 amide bonds. The van der Waals surface area contributed by atoms with Crippen LogP contribution in [-0.2, 0) is 6.42 Å². The zero-order valence-corrected chi connectivity index (χ0v) is 10.4. The third kappa shape index (κ3) is 3.05. The molecule has 88 valence electrons. The van der Waals surface area contributed by atoms with Crippen LogP contribution in [0.25, 0.3) is 0 Å². The fraction of sp³-hybridized carbons (Fsp3) is 0.538. The molecule has 0 aliphatic heterocycles. The number of pyridine rings is 1. The summed E-state index contributed by atoms with van der Waals surface area (Å²) in [5.41, 5.74) is 9.31. The average molecular weight is 219 g/mol. The number of aromatic nitrogens is 1. The number of nitrogen functional groups attached to an aromatic ring is 1. The Balaban J connectivity index is 2.88. The van der Waals surface area contributed by atoms with Gasteiger partial charge in [-0.15, -0.1) is 0 Å². The Labute approximate surface area is 97.6 Å². The van der Waals surface area contributed by atoms with Gasteiger partial charge in [0.15, 0.2) is 0 Å². The van der Waals surface area contributed by atoms with Crippen LogP contribution in [0.1, 0.15) is 49.9 Å². The van der Waals surface area contributed by atoms with Gasteiger partial charge >= 0.3 is 0 Å². The molecule has 0 bridgehead atoms. The maximum absolute atomic E-state index is 7.59. The van der Waals surface area contributed by atoms with E-state index in [0.717, 1.165) is 29.7 Å². The molecule has 0 aromatic carbocycles. The van der Waals surface area contributed by atoms with Crippen molar-refractivity contribution in [2.75, 3.05) is 5.73 Å². The number of nitrogens with zero attached hydrogens (tertiary/aromatic N) is 1. The summed E-state index contributed by atoms with van der Waals surface area (Å²) in [4.78, 5) is 4.40. The second-order valence-corrected chi connectivity index (χ2v) is 4.27. The number of anilines is 1. The van der Waals surface area contributed by atoms with Crippen LogP contribution in [-0.4, -0.2) is 10.7 Å². The molecule has 0 radical (unpaired) electrons. The first kappa shape index (κ1) is 12.7. The van der Waals surface area contributed by atoms with Crippen molar-refractivity contribution in [3.63, 3.8) is 0 Å². The van der Waals surface area contributed by atoms with Gasteiger partial charge < -0.3 is 11.1 Å². The molecule has 1 aromatic rings. The van der Waals surface area contributed by atoms with Crippen LogP contribution in [0.5, 0.6) is 0 Å². The number of unbranched alkanes of at least 4 members (excludes halogenated alkanes) is 2. The Kier molecular flexibility index (Phi) is 4.47. The Bertz CT molecular complexity index is 383. The van der Waals surface area contributed by atoms with Crippen molar-refractivity contribution in [1.29, 1.82) is 5.41 Å². The van der Waals surface area contributed by atoms with Crippen molar-refractivity contribution in [3.8, 4) is 0 Å². The standard InChI is InChI=1S/C13H21N3/c1-4-5-6-7-12-9(2)8-11(10(3)14)13(15)16-12/h8,14H,4-7H2,1-3H3,(H2,15,16). The molecular formula is C13H21N3. The van der Waals surface area contributed by atoms with Gasteiger partial charge in [0.25, 0.3) is 0 Å². The van der Waals surface area contributed by atoms with Crippen molar-refractivity contribution >= 4 is 11.5 Å². The Morgan fingerprint density at radius 3 is 2.69 bits per heavy atom. The maximum atomic E-state index is 7.59. The molecule has 1 heterocycles. The van der Waals surface area contributed by atoms with Crippen LogP contribution in [0.15, 0.2) is 6.07 Å². The summed E-state index contributed by atoms with van der Waals surface area (Å²) in [5, 5.41) is 7.59. The monoisotopic (exact) mass is 219 g/mol. The lowest BCUT2D eigenvalue weighted by molar-refractivity contribution is 0.705. The van der Waals surface area contributed by atoms with Gasteiger partial charge in [0.1, 0.15) is 5.82 Å². The SMILES string of the molecule is CCCCCc1nc(N)c(C(C)=N)cc1C. The summed E-state index contributed by atoms with van der Waals surface area (Å²) in [7, 11) is 0. The molecule has 3 N–H and O–H groups in total. The number of rotatable bonds is 5. The van der Waals surface area contributed by atoms with E-state index in [9.17, 15) is 0 Å². The topological polar surface area (TPSA) is 62.8 Å². The fourth-order valence-electron chi connectivity index (χ4n) is 1.76. The molecule has 0 unspecified atom stereocenters. The molecule has 0 saturated carbocycles. The van der Waals surface area contributed by atoms with Gasteiger partial charge in [-0.25, -0.2) is 4.98 Å². The van der Waals surface area contributed by atoms with Gasteiger partial charge in [-0.3, -0.25) is 0 Å². The predicted octanol–water partition coefficient (Wildman–Crippen LogP) is 3.09. The molecule has 1 rings (SSSR count). The summed E-state index contributed by atoms with van der Waals surface area (Å²) >= 11 is 0. The average Bonchev–Trinajstić information content (AvgIpc) is 2.22. The van der Waals surface area contributed by atoms with E-state index in [4.69, 9.17) is 11.1 Å². The molecule has 16 heavy (non-hydrogen) atoms. The molecule has 0 fully saturated rings. The van der Waals surface area contributed by atoms with Crippen molar-refractivity contribution in [2.45, 2.75) is 46.5 Å². The highest BCUT2D eigenvalue weighted by Crippen LogP contribution is 2.17. The van der Waals surface area contributed by atoms with E-state index in [0.29, 0.717) is 11.5 Å². The lowest BCUT2D eigenvalue weighted by atomic mass is 10.0.